The van der Waals surface area contributed by atoms with Gasteiger partial charge in [0.2, 0.25) is 10.0 Å². The molecule has 0 fully saturated rings. The Kier molecular flexibility index (Phi) is 3.81. The van der Waals surface area contributed by atoms with Crippen LogP contribution in [0.4, 0.5) is 0 Å². The highest BCUT2D eigenvalue weighted by molar-refractivity contribution is 7.91. The smallest absolute Gasteiger partial charge is 0.250 e. The van der Waals surface area contributed by atoms with Crippen molar-refractivity contribution in [1.82, 2.24) is 14.9 Å². The molecule has 0 saturated heterocycles. The first kappa shape index (κ1) is 13.2. The van der Waals surface area contributed by atoms with Gasteiger partial charge in [-0.1, -0.05) is 0 Å². The molecule has 2 heterocycles. The standard InChI is InChI=1S/C10H14N4O2S2/c1-7-2-10(17-9(7)3-11)18(15,16)14-6-8-4-12-13-5-8/h2,4-5,14H,3,6,11H2,1H3,(H,12,13). The number of thiophene rings is 1. The molecule has 0 bridgehead atoms. The Bertz CT molecular complexity index is 616. The fourth-order valence-electron chi connectivity index (χ4n) is 1.45. The minimum absolute atomic E-state index is 0.216. The molecular formula is C10H14N4O2S2. The molecule has 0 radical (unpaired) electrons. The highest BCUT2D eigenvalue weighted by Gasteiger charge is 2.18. The van der Waals surface area contributed by atoms with Gasteiger partial charge >= 0.3 is 0 Å². The molecule has 0 unspecified atom stereocenters. The predicted molar refractivity (Wildman–Crippen MR) is 69.6 cm³/mol. The second-order valence-corrected chi connectivity index (χ2v) is 6.94. The van der Waals surface area contributed by atoms with Gasteiger partial charge in [-0.05, 0) is 18.6 Å². The van der Waals surface area contributed by atoms with Crippen molar-refractivity contribution >= 4 is 21.4 Å². The SMILES string of the molecule is Cc1cc(S(=O)(=O)NCc2cn[nH]c2)sc1CN. The van der Waals surface area contributed by atoms with Crippen molar-refractivity contribution in [1.29, 1.82) is 0 Å². The molecule has 4 N–H and O–H groups in total. The molecule has 8 heteroatoms. The molecule has 0 saturated carbocycles. The summed E-state index contributed by atoms with van der Waals surface area (Å²) in [4.78, 5) is 0.888. The molecule has 0 amide bonds. The van der Waals surface area contributed by atoms with Crippen LogP contribution < -0.4 is 10.5 Å². The zero-order chi connectivity index (χ0) is 13.2. The zero-order valence-electron chi connectivity index (χ0n) is 9.80. The van der Waals surface area contributed by atoms with E-state index in [0.29, 0.717) is 10.8 Å². The number of nitrogens with zero attached hydrogens (tertiary/aromatic N) is 1. The van der Waals surface area contributed by atoms with Gasteiger partial charge in [0.1, 0.15) is 4.21 Å². The first-order valence-electron chi connectivity index (χ1n) is 5.29. The van der Waals surface area contributed by atoms with Crippen molar-refractivity contribution in [2.75, 3.05) is 0 Å². The Balaban J connectivity index is 2.14. The normalized spacial score (nSPS) is 11.9. The molecule has 0 aromatic carbocycles. The minimum Gasteiger partial charge on any atom is -0.326 e. The number of hydrogen-bond donors (Lipinski definition) is 3. The first-order valence-corrected chi connectivity index (χ1v) is 7.59. The number of aromatic nitrogens is 2. The summed E-state index contributed by atoms with van der Waals surface area (Å²) in [5.74, 6) is 0. The molecule has 2 aromatic rings. The van der Waals surface area contributed by atoms with E-state index in [1.807, 2.05) is 6.92 Å². The van der Waals surface area contributed by atoms with Crippen LogP contribution >= 0.6 is 11.3 Å². The lowest BCUT2D eigenvalue weighted by atomic mass is 10.3. The Morgan fingerprint density at radius 3 is 2.89 bits per heavy atom. The van der Waals surface area contributed by atoms with Crippen molar-refractivity contribution in [3.8, 4) is 0 Å². The Morgan fingerprint density at radius 2 is 2.33 bits per heavy atom. The van der Waals surface area contributed by atoms with Crippen LogP contribution in [0.3, 0.4) is 0 Å². The summed E-state index contributed by atoms with van der Waals surface area (Å²) in [5.41, 5.74) is 7.23. The largest absolute Gasteiger partial charge is 0.326 e. The number of hydrogen-bond acceptors (Lipinski definition) is 5. The third-order valence-electron chi connectivity index (χ3n) is 2.47. The molecule has 2 aromatic heterocycles. The van der Waals surface area contributed by atoms with Crippen molar-refractivity contribution in [2.24, 2.45) is 5.73 Å². The van der Waals surface area contributed by atoms with Crippen LogP contribution in [0.5, 0.6) is 0 Å². The van der Waals surface area contributed by atoms with Crippen molar-refractivity contribution in [3.63, 3.8) is 0 Å². The number of aryl methyl sites for hydroxylation is 1. The average Bonchev–Trinajstić information content (AvgIpc) is 2.95. The van der Waals surface area contributed by atoms with Crippen LogP contribution in [0.25, 0.3) is 0 Å². The second kappa shape index (κ2) is 5.19. The molecule has 0 atom stereocenters. The highest BCUT2D eigenvalue weighted by atomic mass is 32.2. The fourth-order valence-corrected chi connectivity index (χ4v) is 3.98. The van der Waals surface area contributed by atoms with E-state index in [1.165, 1.54) is 11.3 Å². The maximum absolute atomic E-state index is 12.0. The average molecular weight is 286 g/mol. The topological polar surface area (TPSA) is 101 Å². The zero-order valence-corrected chi connectivity index (χ0v) is 11.4. The van der Waals surface area contributed by atoms with Crippen LogP contribution in [0.1, 0.15) is 16.0 Å². The van der Waals surface area contributed by atoms with Gasteiger partial charge in [-0.2, -0.15) is 5.10 Å². The Labute approximate surface area is 109 Å². The summed E-state index contributed by atoms with van der Waals surface area (Å²) in [7, 11) is -3.48. The predicted octanol–water partition coefficient (Wildman–Crippen LogP) is 0.717. The van der Waals surface area contributed by atoms with Crippen molar-refractivity contribution in [2.45, 2.75) is 24.2 Å². The van der Waals surface area contributed by atoms with Gasteiger partial charge in [-0.25, -0.2) is 13.1 Å². The Hall–Kier alpha value is -1.22. The summed E-state index contributed by atoms with van der Waals surface area (Å²) >= 11 is 1.20. The monoisotopic (exact) mass is 286 g/mol. The van der Waals surface area contributed by atoms with E-state index < -0.39 is 10.0 Å². The number of aromatic amines is 1. The van der Waals surface area contributed by atoms with Gasteiger partial charge in [0.05, 0.1) is 6.20 Å². The lowest BCUT2D eigenvalue weighted by molar-refractivity contribution is 0.583. The summed E-state index contributed by atoms with van der Waals surface area (Å²) < 4.78 is 26.9. The van der Waals surface area contributed by atoms with Crippen LogP contribution in [-0.4, -0.2) is 18.6 Å². The van der Waals surface area contributed by atoms with E-state index in [4.69, 9.17) is 5.73 Å². The molecule has 18 heavy (non-hydrogen) atoms. The van der Waals surface area contributed by atoms with E-state index in [2.05, 4.69) is 14.9 Å². The van der Waals surface area contributed by atoms with Gasteiger partial charge in [0.15, 0.2) is 0 Å². The number of H-pyrrole nitrogens is 1. The van der Waals surface area contributed by atoms with Crippen molar-refractivity contribution in [3.05, 3.63) is 34.5 Å². The number of nitrogens with one attached hydrogen (secondary N) is 2. The van der Waals surface area contributed by atoms with Crippen LogP contribution in [0.2, 0.25) is 0 Å². The van der Waals surface area contributed by atoms with Gasteiger partial charge < -0.3 is 5.73 Å². The number of nitrogens with two attached hydrogens (primary N) is 1. The summed E-state index contributed by atoms with van der Waals surface area (Å²) in [6.45, 7) is 2.43. The molecule has 0 aliphatic heterocycles. The lowest BCUT2D eigenvalue weighted by Crippen LogP contribution is -2.22. The fraction of sp³-hybridized carbons (Fsp3) is 0.300. The summed E-state index contributed by atoms with van der Waals surface area (Å²) in [6, 6.07) is 1.64. The maximum Gasteiger partial charge on any atom is 0.250 e. The summed E-state index contributed by atoms with van der Waals surface area (Å²) in [5, 5.41) is 6.38. The molecule has 0 aliphatic carbocycles. The Morgan fingerprint density at radius 1 is 1.56 bits per heavy atom. The quantitative estimate of drug-likeness (QED) is 0.753. The molecule has 2 rings (SSSR count). The van der Waals surface area contributed by atoms with E-state index in [-0.39, 0.29) is 6.54 Å². The van der Waals surface area contributed by atoms with Gasteiger partial charge in [0, 0.05) is 29.7 Å². The first-order chi connectivity index (χ1) is 8.53. The molecule has 0 spiro atoms. The molecule has 98 valence electrons. The van der Waals surface area contributed by atoms with Crippen LogP contribution in [-0.2, 0) is 23.1 Å². The summed E-state index contributed by atoms with van der Waals surface area (Å²) in [6.07, 6.45) is 3.22. The molecular weight excluding hydrogens is 272 g/mol. The van der Waals surface area contributed by atoms with Gasteiger partial charge in [-0.3, -0.25) is 5.10 Å². The highest BCUT2D eigenvalue weighted by Crippen LogP contribution is 2.25. The van der Waals surface area contributed by atoms with Gasteiger partial charge in [0.25, 0.3) is 0 Å². The van der Waals surface area contributed by atoms with Crippen LogP contribution in [0.15, 0.2) is 22.7 Å². The van der Waals surface area contributed by atoms with Crippen LogP contribution in [0, 0.1) is 6.92 Å². The maximum atomic E-state index is 12.0. The minimum atomic E-state index is -3.48. The molecule has 6 nitrogen and oxygen atoms in total. The molecule has 0 aliphatic rings. The lowest BCUT2D eigenvalue weighted by Gasteiger charge is -2.02. The van der Waals surface area contributed by atoms with E-state index in [9.17, 15) is 8.42 Å². The third kappa shape index (κ3) is 2.78. The second-order valence-electron chi connectivity index (χ2n) is 3.81. The number of rotatable bonds is 5. The van der Waals surface area contributed by atoms with Gasteiger partial charge in [-0.15, -0.1) is 11.3 Å². The van der Waals surface area contributed by atoms with E-state index in [1.54, 1.807) is 18.5 Å². The van der Waals surface area contributed by atoms with Crippen molar-refractivity contribution < 1.29 is 8.42 Å². The van der Waals surface area contributed by atoms with E-state index >= 15 is 0 Å². The third-order valence-corrected chi connectivity index (χ3v) is 5.60. The number of sulfonamides is 1. The van der Waals surface area contributed by atoms with E-state index in [0.717, 1.165) is 16.0 Å².